The van der Waals surface area contributed by atoms with E-state index >= 15 is 4.39 Å². The highest BCUT2D eigenvalue weighted by atomic mass is 19.4. The summed E-state index contributed by atoms with van der Waals surface area (Å²) in [6.07, 6.45) is 1.61. The number of halogens is 5. The molecule has 0 spiro atoms. The molecule has 1 aliphatic carbocycles. The van der Waals surface area contributed by atoms with Crippen LogP contribution in [0.3, 0.4) is 0 Å². The van der Waals surface area contributed by atoms with Gasteiger partial charge >= 0.3 is 6.36 Å². The Morgan fingerprint density at radius 1 is 1.00 bits per heavy atom. The third kappa shape index (κ3) is 5.94. The van der Waals surface area contributed by atoms with E-state index in [1.54, 1.807) is 0 Å². The summed E-state index contributed by atoms with van der Waals surface area (Å²) in [5.41, 5.74) is -0.744. The second kappa shape index (κ2) is 9.14. The Kier molecular flexibility index (Phi) is 5.25. The minimum atomic E-state index is -5.33. The zero-order valence-corrected chi connectivity index (χ0v) is 16.1. The van der Waals surface area contributed by atoms with E-state index in [-0.39, 0.29) is 0 Å². The highest BCUT2D eigenvalue weighted by Crippen LogP contribution is 2.34. The third-order valence-corrected chi connectivity index (χ3v) is 5.55. The van der Waals surface area contributed by atoms with E-state index in [1.807, 2.05) is 0 Å². The Morgan fingerprint density at radius 3 is 2.34 bits per heavy atom. The van der Waals surface area contributed by atoms with Crippen LogP contribution in [-0.2, 0) is 6.42 Å². The van der Waals surface area contributed by atoms with E-state index in [4.69, 9.17) is 5.48 Å². The van der Waals surface area contributed by atoms with Gasteiger partial charge in [-0.25, -0.2) is 8.78 Å². The fraction of sp³-hybridized carbons (Fsp3) is 0.478. The van der Waals surface area contributed by atoms with Gasteiger partial charge in [-0.1, -0.05) is 57.2 Å². The first-order valence-electron chi connectivity index (χ1n) is 11.8. The average Bonchev–Trinajstić information content (AvgIpc) is 2.77. The molecule has 0 atom stereocenters. The summed E-state index contributed by atoms with van der Waals surface area (Å²) in [4.78, 5) is 0. The molecule has 0 saturated heterocycles. The molecule has 1 fully saturated rings. The maximum atomic E-state index is 15.1. The molecule has 0 heterocycles. The standard InChI is InChI=1S/C23H25F5O/c1-2-15-3-5-16(6-4-15)7-8-17-9-11-19(20(24)13-17)18-10-12-22(21(25)14-18)29-23(26,27)28/h9-16H,2-8H2,1H3/i10D,12D,13D,14D. The van der Waals surface area contributed by atoms with Crippen LogP contribution in [0.15, 0.2) is 36.3 Å². The lowest BCUT2D eigenvalue weighted by Crippen LogP contribution is -2.17. The molecule has 0 radical (unpaired) electrons. The van der Waals surface area contributed by atoms with Crippen LogP contribution in [0, 0.1) is 23.5 Å². The molecule has 2 aromatic carbocycles. The number of ether oxygens (including phenoxy) is 1. The summed E-state index contributed by atoms with van der Waals surface area (Å²) < 4.78 is 102. The number of alkyl halides is 3. The molecule has 0 aliphatic heterocycles. The highest BCUT2D eigenvalue weighted by molar-refractivity contribution is 5.65. The Labute approximate surface area is 173 Å². The van der Waals surface area contributed by atoms with E-state index in [0.717, 1.165) is 44.4 Å². The van der Waals surface area contributed by atoms with Crippen molar-refractivity contribution < 1.29 is 32.2 Å². The van der Waals surface area contributed by atoms with Crippen LogP contribution >= 0.6 is 0 Å². The molecular formula is C23H25F5O. The van der Waals surface area contributed by atoms with Gasteiger partial charge in [-0.05, 0) is 53.9 Å². The minimum absolute atomic E-state index is 0.426. The van der Waals surface area contributed by atoms with Crippen LogP contribution in [0.1, 0.15) is 56.5 Å². The lowest BCUT2D eigenvalue weighted by atomic mass is 9.78. The maximum absolute atomic E-state index is 15.1. The summed E-state index contributed by atoms with van der Waals surface area (Å²) in [6.45, 7) is 2.18. The van der Waals surface area contributed by atoms with Crippen LogP contribution in [0.5, 0.6) is 5.75 Å². The fourth-order valence-electron chi connectivity index (χ4n) is 3.83. The Bertz CT molecular complexity index is 988. The molecule has 2 aromatic rings. The molecule has 29 heavy (non-hydrogen) atoms. The Morgan fingerprint density at radius 2 is 1.69 bits per heavy atom. The molecule has 0 unspecified atom stereocenters. The molecule has 0 bridgehead atoms. The van der Waals surface area contributed by atoms with E-state index in [0.29, 0.717) is 17.9 Å². The third-order valence-electron chi connectivity index (χ3n) is 5.55. The zero-order chi connectivity index (χ0) is 24.5. The molecule has 0 aromatic heterocycles. The Balaban J connectivity index is 1.88. The van der Waals surface area contributed by atoms with E-state index < -0.39 is 59.0 Å². The summed E-state index contributed by atoms with van der Waals surface area (Å²) >= 11 is 0. The van der Waals surface area contributed by atoms with Gasteiger partial charge in [0.25, 0.3) is 0 Å². The monoisotopic (exact) mass is 416 g/mol. The predicted molar refractivity (Wildman–Crippen MR) is 103 cm³/mol. The first-order valence-corrected chi connectivity index (χ1v) is 9.77. The van der Waals surface area contributed by atoms with Gasteiger partial charge in [-0.2, -0.15) is 0 Å². The molecule has 1 aliphatic rings. The number of aryl methyl sites for hydroxylation is 1. The van der Waals surface area contributed by atoms with Crippen LogP contribution in [0.4, 0.5) is 22.0 Å². The van der Waals surface area contributed by atoms with Crippen molar-refractivity contribution in [2.45, 2.75) is 58.2 Å². The lowest BCUT2D eigenvalue weighted by Gasteiger charge is -2.27. The number of hydrogen-bond donors (Lipinski definition) is 0. The highest BCUT2D eigenvalue weighted by Gasteiger charge is 2.32. The van der Waals surface area contributed by atoms with E-state index in [9.17, 15) is 17.6 Å². The van der Waals surface area contributed by atoms with Crippen molar-refractivity contribution >= 4 is 0 Å². The lowest BCUT2D eigenvalue weighted by molar-refractivity contribution is -0.275. The first kappa shape index (κ1) is 16.7. The van der Waals surface area contributed by atoms with Crippen molar-refractivity contribution in [1.29, 1.82) is 0 Å². The van der Waals surface area contributed by atoms with Crippen molar-refractivity contribution in [3.8, 4) is 16.9 Å². The molecule has 1 nitrogen and oxygen atoms in total. The molecular weight excluding hydrogens is 387 g/mol. The second-order valence-corrected chi connectivity index (χ2v) is 7.49. The van der Waals surface area contributed by atoms with Crippen LogP contribution < -0.4 is 4.74 Å². The molecule has 1 saturated carbocycles. The molecule has 6 heteroatoms. The van der Waals surface area contributed by atoms with Crippen LogP contribution in [0.25, 0.3) is 11.1 Å². The SMILES string of the molecule is [2H]c1c(CCC2CCC(CC)CC2)ccc(-c2c([2H])c([2H])c(OC(F)(F)F)c(F)c2[2H])c1F. The second-order valence-electron chi connectivity index (χ2n) is 7.49. The quantitative estimate of drug-likeness (QED) is 0.439. The van der Waals surface area contributed by atoms with Crippen LogP contribution in [-0.4, -0.2) is 6.36 Å². The van der Waals surface area contributed by atoms with Gasteiger partial charge in [-0.15, -0.1) is 13.2 Å². The van der Waals surface area contributed by atoms with Gasteiger partial charge in [0.1, 0.15) is 5.82 Å². The van der Waals surface area contributed by atoms with Crippen molar-refractivity contribution in [1.82, 2.24) is 0 Å². The van der Waals surface area contributed by atoms with Gasteiger partial charge in [0.05, 0.1) is 5.48 Å². The maximum Gasteiger partial charge on any atom is 0.573 e. The van der Waals surface area contributed by atoms with Crippen molar-refractivity contribution in [3.05, 3.63) is 53.5 Å². The number of hydrogen-bond acceptors (Lipinski definition) is 1. The van der Waals surface area contributed by atoms with Crippen LogP contribution in [0.2, 0.25) is 0 Å². The predicted octanol–water partition coefficient (Wildman–Crippen LogP) is 7.68. The topological polar surface area (TPSA) is 9.23 Å². The number of benzene rings is 2. The van der Waals surface area contributed by atoms with Gasteiger partial charge < -0.3 is 4.74 Å². The summed E-state index contributed by atoms with van der Waals surface area (Å²) in [5, 5.41) is 0. The smallest absolute Gasteiger partial charge is 0.403 e. The molecule has 3 rings (SSSR count). The molecule has 0 amide bonds. The Hall–Kier alpha value is -2.11. The van der Waals surface area contributed by atoms with Gasteiger partial charge in [0, 0.05) is 5.56 Å². The normalized spacial score (nSPS) is 21.9. The van der Waals surface area contributed by atoms with Gasteiger partial charge in [0.15, 0.2) is 11.6 Å². The zero-order valence-electron chi connectivity index (χ0n) is 20.1. The summed E-state index contributed by atoms with van der Waals surface area (Å²) in [7, 11) is 0. The molecule has 158 valence electrons. The summed E-state index contributed by atoms with van der Waals surface area (Å²) in [5.74, 6) is -3.29. The van der Waals surface area contributed by atoms with Crippen molar-refractivity contribution in [2.75, 3.05) is 0 Å². The largest absolute Gasteiger partial charge is 0.573 e. The van der Waals surface area contributed by atoms with Gasteiger partial charge in [-0.3, -0.25) is 0 Å². The van der Waals surface area contributed by atoms with Crippen molar-refractivity contribution in [3.63, 3.8) is 0 Å². The van der Waals surface area contributed by atoms with E-state index in [2.05, 4.69) is 11.7 Å². The van der Waals surface area contributed by atoms with Gasteiger partial charge in [0.2, 0.25) is 0 Å². The summed E-state index contributed by atoms with van der Waals surface area (Å²) in [6, 6.07) is -1.26. The average molecular weight is 416 g/mol. The van der Waals surface area contributed by atoms with E-state index in [1.165, 1.54) is 12.1 Å². The molecule has 0 N–H and O–H groups in total. The fourth-order valence-corrected chi connectivity index (χ4v) is 3.83. The minimum Gasteiger partial charge on any atom is -0.403 e. The van der Waals surface area contributed by atoms with Crippen molar-refractivity contribution in [2.24, 2.45) is 11.8 Å². The first-order chi connectivity index (χ1) is 15.4. The number of rotatable bonds is 6.